The van der Waals surface area contributed by atoms with Crippen LogP contribution in [0.25, 0.3) is 10.8 Å². The Morgan fingerprint density at radius 2 is 1.83 bits per heavy atom. The molecule has 0 bridgehead atoms. The Morgan fingerprint density at radius 3 is 2.43 bits per heavy atom. The van der Waals surface area contributed by atoms with Gasteiger partial charge in [-0.1, -0.05) is 36.4 Å². The van der Waals surface area contributed by atoms with Crippen molar-refractivity contribution in [3.8, 4) is 0 Å². The van der Waals surface area contributed by atoms with E-state index in [9.17, 15) is 4.79 Å². The molecule has 4 nitrogen and oxygen atoms in total. The number of nitrogens with two attached hydrogens (primary N) is 1. The molecule has 0 aliphatic rings. The third-order valence-corrected chi connectivity index (χ3v) is 3.70. The highest BCUT2D eigenvalue weighted by Gasteiger charge is 2.19. The third-order valence-electron chi connectivity index (χ3n) is 3.70. The summed E-state index contributed by atoms with van der Waals surface area (Å²) in [5.74, 6) is 0. The molecule has 0 fully saturated rings. The third kappa shape index (κ3) is 4.70. The molecule has 1 unspecified atom stereocenters. The highest BCUT2D eigenvalue weighted by atomic mass is 16.6. The van der Waals surface area contributed by atoms with Crippen molar-refractivity contribution < 1.29 is 9.53 Å². The van der Waals surface area contributed by atoms with Crippen LogP contribution in [0.2, 0.25) is 0 Å². The van der Waals surface area contributed by atoms with Gasteiger partial charge in [0.15, 0.2) is 0 Å². The van der Waals surface area contributed by atoms with Gasteiger partial charge < -0.3 is 15.8 Å². The highest BCUT2D eigenvalue weighted by Crippen LogP contribution is 2.23. The largest absolute Gasteiger partial charge is 0.444 e. The minimum Gasteiger partial charge on any atom is -0.444 e. The number of alkyl carbamates (subject to hydrolysis) is 1. The normalized spacial score (nSPS) is 12.9. The first-order valence-corrected chi connectivity index (χ1v) is 7.97. The molecule has 0 aliphatic carbocycles. The van der Waals surface area contributed by atoms with Crippen LogP contribution >= 0.6 is 0 Å². The van der Waals surface area contributed by atoms with Crippen molar-refractivity contribution >= 4 is 16.9 Å². The second kappa shape index (κ2) is 7.01. The van der Waals surface area contributed by atoms with Gasteiger partial charge in [-0.25, -0.2) is 4.79 Å². The maximum atomic E-state index is 11.9. The topological polar surface area (TPSA) is 64.3 Å². The van der Waals surface area contributed by atoms with E-state index in [4.69, 9.17) is 10.5 Å². The van der Waals surface area contributed by atoms with E-state index in [0.717, 1.165) is 0 Å². The van der Waals surface area contributed by atoms with Crippen molar-refractivity contribution in [2.45, 2.75) is 45.8 Å². The van der Waals surface area contributed by atoms with Gasteiger partial charge in [0, 0.05) is 12.6 Å². The van der Waals surface area contributed by atoms with E-state index in [1.165, 1.54) is 21.9 Å². The molecule has 0 heterocycles. The lowest BCUT2D eigenvalue weighted by Crippen LogP contribution is -2.44. The molecule has 0 aromatic heterocycles. The molecular weight excluding hydrogens is 288 g/mol. The zero-order chi connectivity index (χ0) is 17.0. The van der Waals surface area contributed by atoms with Gasteiger partial charge in [0.2, 0.25) is 0 Å². The van der Waals surface area contributed by atoms with Crippen molar-refractivity contribution in [3.05, 3.63) is 47.5 Å². The number of carbonyl (C=O) groups is 1. The summed E-state index contributed by atoms with van der Waals surface area (Å²) in [6.07, 6.45) is 0.251. The average molecular weight is 314 g/mol. The standard InChI is InChI=1S/C19H26N2O2/c1-13-9-10-14(17-8-6-5-7-16(13)17)11-15(12-20)21-18(22)23-19(2,3)4/h5-10,15H,11-12,20H2,1-4H3,(H,21,22). The van der Waals surface area contributed by atoms with Crippen molar-refractivity contribution in [1.29, 1.82) is 0 Å². The van der Waals surface area contributed by atoms with Crippen molar-refractivity contribution in [3.63, 3.8) is 0 Å². The number of carbonyl (C=O) groups excluding carboxylic acids is 1. The fourth-order valence-corrected chi connectivity index (χ4v) is 2.62. The second-order valence-electron chi connectivity index (χ2n) is 6.87. The van der Waals surface area contributed by atoms with Crippen LogP contribution in [-0.2, 0) is 11.2 Å². The Kier molecular flexibility index (Phi) is 5.26. The predicted molar refractivity (Wildman–Crippen MR) is 94.6 cm³/mol. The zero-order valence-electron chi connectivity index (χ0n) is 14.3. The van der Waals surface area contributed by atoms with Crippen LogP contribution in [0, 0.1) is 6.92 Å². The summed E-state index contributed by atoms with van der Waals surface area (Å²) in [5, 5.41) is 5.30. The molecular formula is C19H26N2O2. The van der Waals surface area contributed by atoms with E-state index >= 15 is 0 Å². The van der Waals surface area contributed by atoms with Gasteiger partial charge in [-0.15, -0.1) is 0 Å². The summed E-state index contributed by atoms with van der Waals surface area (Å²) < 4.78 is 5.31. The predicted octanol–water partition coefficient (Wildman–Crippen LogP) is 3.54. The number of benzene rings is 2. The van der Waals surface area contributed by atoms with Crippen LogP contribution in [0.1, 0.15) is 31.9 Å². The molecule has 124 valence electrons. The molecule has 3 N–H and O–H groups in total. The summed E-state index contributed by atoms with van der Waals surface area (Å²) in [4.78, 5) is 11.9. The highest BCUT2D eigenvalue weighted by molar-refractivity contribution is 5.88. The number of hydrogen-bond acceptors (Lipinski definition) is 3. The minimum atomic E-state index is -0.514. The fourth-order valence-electron chi connectivity index (χ4n) is 2.62. The zero-order valence-corrected chi connectivity index (χ0v) is 14.3. The maximum Gasteiger partial charge on any atom is 0.407 e. The summed E-state index contributed by atoms with van der Waals surface area (Å²) in [7, 11) is 0. The van der Waals surface area contributed by atoms with Crippen LogP contribution in [0.5, 0.6) is 0 Å². The first-order chi connectivity index (χ1) is 10.8. The molecule has 2 rings (SSSR count). The van der Waals surface area contributed by atoms with Gasteiger partial charge in [0.05, 0.1) is 0 Å². The van der Waals surface area contributed by atoms with Gasteiger partial charge in [0.1, 0.15) is 5.60 Å². The Balaban J connectivity index is 2.16. The van der Waals surface area contributed by atoms with Gasteiger partial charge in [0.25, 0.3) is 0 Å². The van der Waals surface area contributed by atoms with E-state index in [1.807, 2.05) is 32.9 Å². The summed E-state index contributed by atoms with van der Waals surface area (Å²) >= 11 is 0. The molecule has 0 spiro atoms. The molecule has 0 aliphatic heterocycles. The van der Waals surface area contributed by atoms with E-state index in [-0.39, 0.29) is 6.04 Å². The molecule has 4 heteroatoms. The Labute approximate surface area is 138 Å². The monoisotopic (exact) mass is 314 g/mol. The van der Waals surface area contributed by atoms with E-state index in [1.54, 1.807) is 0 Å². The maximum absolute atomic E-state index is 11.9. The Hall–Kier alpha value is -2.07. The van der Waals surface area contributed by atoms with Crippen LogP contribution in [0.15, 0.2) is 36.4 Å². The van der Waals surface area contributed by atoms with E-state index in [0.29, 0.717) is 13.0 Å². The van der Waals surface area contributed by atoms with Gasteiger partial charge in [-0.05, 0) is 56.0 Å². The Bertz CT molecular complexity index is 689. The van der Waals surface area contributed by atoms with Crippen LogP contribution in [0.3, 0.4) is 0 Å². The van der Waals surface area contributed by atoms with E-state index < -0.39 is 11.7 Å². The lowest BCUT2D eigenvalue weighted by Gasteiger charge is -2.23. The second-order valence-corrected chi connectivity index (χ2v) is 6.87. The van der Waals surface area contributed by atoms with Crippen molar-refractivity contribution in [1.82, 2.24) is 5.32 Å². The molecule has 1 amide bonds. The molecule has 23 heavy (non-hydrogen) atoms. The van der Waals surface area contributed by atoms with Crippen LogP contribution in [0.4, 0.5) is 4.79 Å². The number of fused-ring (bicyclic) bond motifs is 1. The van der Waals surface area contributed by atoms with Gasteiger partial charge >= 0.3 is 6.09 Å². The van der Waals surface area contributed by atoms with Gasteiger partial charge in [-0.2, -0.15) is 0 Å². The summed E-state index contributed by atoms with van der Waals surface area (Å²) in [6, 6.07) is 12.4. The number of nitrogens with one attached hydrogen (secondary N) is 1. The molecule has 2 aromatic carbocycles. The number of rotatable bonds is 4. The van der Waals surface area contributed by atoms with Crippen LogP contribution < -0.4 is 11.1 Å². The number of amides is 1. The number of hydrogen-bond donors (Lipinski definition) is 2. The summed E-state index contributed by atoms with van der Waals surface area (Å²) in [5.41, 5.74) is 7.74. The fraction of sp³-hybridized carbons (Fsp3) is 0.421. The number of ether oxygens (including phenoxy) is 1. The first kappa shape index (κ1) is 17.3. The average Bonchev–Trinajstić information content (AvgIpc) is 2.47. The molecule has 0 saturated heterocycles. The first-order valence-electron chi connectivity index (χ1n) is 7.97. The summed E-state index contributed by atoms with van der Waals surface area (Å²) in [6.45, 7) is 8.00. The molecule has 2 aromatic rings. The van der Waals surface area contributed by atoms with Crippen LogP contribution in [-0.4, -0.2) is 24.3 Å². The number of aryl methyl sites for hydroxylation is 1. The minimum absolute atomic E-state index is 0.157. The SMILES string of the molecule is Cc1ccc(CC(CN)NC(=O)OC(C)(C)C)c2ccccc12. The molecule has 0 saturated carbocycles. The lowest BCUT2D eigenvalue weighted by molar-refractivity contribution is 0.0506. The lowest BCUT2D eigenvalue weighted by atomic mass is 9.96. The smallest absolute Gasteiger partial charge is 0.407 e. The van der Waals surface area contributed by atoms with Gasteiger partial charge in [-0.3, -0.25) is 0 Å². The quantitative estimate of drug-likeness (QED) is 0.907. The molecule has 0 radical (unpaired) electrons. The van der Waals surface area contributed by atoms with E-state index in [2.05, 4.69) is 36.5 Å². The Morgan fingerprint density at radius 1 is 1.17 bits per heavy atom. The van der Waals surface area contributed by atoms with Crippen molar-refractivity contribution in [2.24, 2.45) is 5.73 Å². The molecule has 1 atom stereocenters. The van der Waals surface area contributed by atoms with Crippen molar-refractivity contribution in [2.75, 3.05) is 6.54 Å².